The van der Waals surface area contributed by atoms with Crippen molar-refractivity contribution in [3.8, 4) is 0 Å². The van der Waals surface area contributed by atoms with Gasteiger partial charge in [-0.15, -0.1) is 4.83 Å². The summed E-state index contributed by atoms with van der Waals surface area (Å²) in [4.78, 5) is 5.05. The van der Waals surface area contributed by atoms with Crippen LogP contribution in [-0.4, -0.2) is 56.7 Å². The minimum absolute atomic E-state index is 0.169. The molecule has 0 spiro atoms. The van der Waals surface area contributed by atoms with E-state index in [9.17, 15) is 13.5 Å². The Morgan fingerprint density at radius 1 is 1.19 bits per heavy atom. The molecule has 1 fully saturated rings. The molecule has 118 valence electrons. The van der Waals surface area contributed by atoms with Crippen molar-refractivity contribution in [2.75, 3.05) is 33.2 Å². The molecule has 0 aromatic heterocycles. The van der Waals surface area contributed by atoms with E-state index in [1.54, 1.807) is 18.0 Å². The standard InChI is InChI=1S/C14H23N3O3S/c1-11-8-13(10-18)9-14(12(11)2)21(19,20)15-17-6-4-16(3)5-7-17/h8-9,15,18H,4-7,10H2,1-3H3. The Hall–Kier alpha value is -0.990. The molecule has 1 aromatic rings. The van der Waals surface area contributed by atoms with E-state index in [0.717, 1.165) is 18.7 Å². The number of hydrazine groups is 1. The Bertz CT molecular complexity index is 608. The molecule has 0 amide bonds. The van der Waals surface area contributed by atoms with Gasteiger partial charge < -0.3 is 10.0 Å². The predicted octanol–water partition coefficient (Wildman–Crippen LogP) is 0.236. The third-order valence-electron chi connectivity index (χ3n) is 3.90. The number of benzene rings is 1. The number of aliphatic hydroxyl groups excluding tert-OH is 1. The summed E-state index contributed by atoms with van der Waals surface area (Å²) in [5.74, 6) is 0. The molecular weight excluding hydrogens is 290 g/mol. The van der Waals surface area contributed by atoms with E-state index in [2.05, 4.69) is 9.73 Å². The van der Waals surface area contributed by atoms with E-state index in [-0.39, 0.29) is 11.5 Å². The molecule has 2 N–H and O–H groups in total. The van der Waals surface area contributed by atoms with Gasteiger partial charge in [0.05, 0.1) is 11.5 Å². The largest absolute Gasteiger partial charge is 0.392 e. The topological polar surface area (TPSA) is 72.9 Å². The molecule has 0 aliphatic carbocycles. The number of nitrogens with one attached hydrogen (secondary N) is 1. The number of sulfonamides is 1. The molecular formula is C14H23N3O3S. The second-order valence-electron chi connectivity index (χ2n) is 5.58. The van der Waals surface area contributed by atoms with Gasteiger partial charge in [-0.2, -0.15) is 0 Å². The van der Waals surface area contributed by atoms with Gasteiger partial charge in [0.2, 0.25) is 0 Å². The molecule has 0 unspecified atom stereocenters. The first kappa shape index (κ1) is 16.4. The van der Waals surface area contributed by atoms with E-state index in [1.807, 2.05) is 20.0 Å². The van der Waals surface area contributed by atoms with Crippen molar-refractivity contribution in [1.29, 1.82) is 0 Å². The molecule has 6 nitrogen and oxygen atoms in total. The lowest BCUT2D eigenvalue weighted by atomic mass is 10.1. The second-order valence-corrected chi connectivity index (χ2v) is 7.21. The molecule has 21 heavy (non-hydrogen) atoms. The minimum Gasteiger partial charge on any atom is -0.392 e. The molecule has 1 heterocycles. The lowest BCUT2D eigenvalue weighted by molar-refractivity contribution is 0.135. The number of likely N-dealkylation sites (N-methyl/N-ethyl adjacent to an activating group) is 1. The lowest BCUT2D eigenvalue weighted by Crippen LogP contribution is -2.52. The molecule has 0 atom stereocenters. The SMILES string of the molecule is Cc1cc(CO)cc(S(=O)(=O)NN2CCN(C)CC2)c1C. The lowest BCUT2D eigenvalue weighted by Gasteiger charge is -2.32. The van der Waals surface area contributed by atoms with Crippen LogP contribution >= 0.6 is 0 Å². The first-order valence-corrected chi connectivity index (χ1v) is 8.48. The predicted molar refractivity (Wildman–Crippen MR) is 81.2 cm³/mol. The Labute approximate surface area is 126 Å². The van der Waals surface area contributed by atoms with Crippen LogP contribution in [0.5, 0.6) is 0 Å². The maximum Gasteiger partial charge on any atom is 0.253 e. The molecule has 7 heteroatoms. The van der Waals surface area contributed by atoms with Gasteiger partial charge in [-0.05, 0) is 43.7 Å². The molecule has 0 bridgehead atoms. The fourth-order valence-corrected chi connectivity index (χ4v) is 3.88. The molecule has 1 aliphatic rings. The highest BCUT2D eigenvalue weighted by atomic mass is 32.2. The molecule has 1 saturated heterocycles. The summed E-state index contributed by atoms with van der Waals surface area (Å²) in [5.41, 5.74) is 2.19. The number of piperazine rings is 1. The smallest absolute Gasteiger partial charge is 0.253 e. The zero-order valence-electron chi connectivity index (χ0n) is 12.8. The number of rotatable bonds is 4. The summed E-state index contributed by atoms with van der Waals surface area (Å²) < 4.78 is 25.2. The van der Waals surface area contributed by atoms with Crippen molar-refractivity contribution in [2.24, 2.45) is 0 Å². The van der Waals surface area contributed by atoms with Gasteiger partial charge in [-0.1, -0.05) is 6.07 Å². The van der Waals surface area contributed by atoms with Crippen LogP contribution in [0, 0.1) is 13.8 Å². The average Bonchev–Trinajstić information content (AvgIpc) is 2.43. The number of nitrogens with zero attached hydrogens (tertiary/aromatic N) is 2. The van der Waals surface area contributed by atoms with Crippen LogP contribution < -0.4 is 4.83 Å². The second kappa shape index (κ2) is 6.41. The zero-order chi connectivity index (χ0) is 15.6. The van der Waals surface area contributed by atoms with Crippen molar-refractivity contribution >= 4 is 10.0 Å². The van der Waals surface area contributed by atoms with Crippen molar-refractivity contribution in [3.05, 3.63) is 28.8 Å². The third kappa shape index (κ3) is 3.81. The summed E-state index contributed by atoms with van der Waals surface area (Å²) in [5, 5.41) is 11.0. The maximum absolute atomic E-state index is 12.6. The summed E-state index contributed by atoms with van der Waals surface area (Å²) in [6.07, 6.45) is 0. The average molecular weight is 313 g/mol. The molecule has 2 rings (SSSR count). The maximum atomic E-state index is 12.6. The van der Waals surface area contributed by atoms with Gasteiger partial charge in [0.25, 0.3) is 10.0 Å². The van der Waals surface area contributed by atoms with Gasteiger partial charge in [-0.3, -0.25) is 0 Å². The van der Waals surface area contributed by atoms with Gasteiger partial charge in [0.15, 0.2) is 0 Å². The molecule has 1 aromatic carbocycles. The number of hydrogen-bond acceptors (Lipinski definition) is 5. The van der Waals surface area contributed by atoms with Crippen molar-refractivity contribution in [2.45, 2.75) is 25.3 Å². The highest BCUT2D eigenvalue weighted by Gasteiger charge is 2.23. The van der Waals surface area contributed by atoms with E-state index >= 15 is 0 Å². The Morgan fingerprint density at radius 2 is 1.81 bits per heavy atom. The summed E-state index contributed by atoms with van der Waals surface area (Å²) in [6, 6.07) is 3.35. The Morgan fingerprint density at radius 3 is 2.38 bits per heavy atom. The van der Waals surface area contributed by atoms with Gasteiger partial charge in [0.1, 0.15) is 0 Å². The third-order valence-corrected chi connectivity index (χ3v) is 5.41. The summed E-state index contributed by atoms with van der Waals surface area (Å²) in [6.45, 7) is 6.45. The highest BCUT2D eigenvalue weighted by Crippen LogP contribution is 2.21. The first-order chi connectivity index (χ1) is 9.83. The van der Waals surface area contributed by atoms with Crippen molar-refractivity contribution in [3.63, 3.8) is 0 Å². The van der Waals surface area contributed by atoms with Crippen LogP contribution in [0.3, 0.4) is 0 Å². The van der Waals surface area contributed by atoms with E-state index in [1.165, 1.54) is 0 Å². The van der Waals surface area contributed by atoms with Gasteiger partial charge in [0, 0.05) is 26.2 Å². The zero-order valence-corrected chi connectivity index (χ0v) is 13.6. The Balaban J connectivity index is 2.25. The fourth-order valence-electron chi connectivity index (χ4n) is 2.39. The Kier molecular flexibility index (Phi) is 5.00. The molecule has 0 saturated carbocycles. The van der Waals surface area contributed by atoms with Gasteiger partial charge >= 0.3 is 0 Å². The van der Waals surface area contributed by atoms with Crippen molar-refractivity contribution in [1.82, 2.24) is 14.7 Å². The quantitative estimate of drug-likeness (QED) is 0.833. The monoisotopic (exact) mass is 313 g/mol. The highest BCUT2D eigenvalue weighted by molar-refractivity contribution is 7.89. The number of hydrogen-bond donors (Lipinski definition) is 2. The van der Waals surface area contributed by atoms with Crippen LogP contribution in [0.1, 0.15) is 16.7 Å². The minimum atomic E-state index is -3.62. The molecule has 0 radical (unpaired) electrons. The normalized spacial score (nSPS) is 18.1. The van der Waals surface area contributed by atoms with Crippen LogP contribution in [-0.2, 0) is 16.6 Å². The van der Waals surface area contributed by atoms with Crippen molar-refractivity contribution < 1.29 is 13.5 Å². The van der Waals surface area contributed by atoms with E-state index < -0.39 is 10.0 Å². The first-order valence-electron chi connectivity index (χ1n) is 7.00. The van der Waals surface area contributed by atoms with E-state index in [4.69, 9.17) is 0 Å². The molecule has 1 aliphatic heterocycles. The summed E-state index contributed by atoms with van der Waals surface area (Å²) in [7, 11) is -1.60. The van der Waals surface area contributed by atoms with E-state index in [0.29, 0.717) is 24.2 Å². The van der Waals surface area contributed by atoms with Crippen LogP contribution in [0.15, 0.2) is 17.0 Å². The fraction of sp³-hybridized carbons (Fsp3) is 0.571. The number of aryl methyl sites for hydroxylation is 1. The van der Waals surface area contributed by atoms with Gasteiger partial charge in [-0.25, -0.2) is 13.4 Å². The summed E-state index contributed by atoms with van der Waals surface area (Å²) >= 11 is 0. The van der Waals surface area contributed by atoms with Crippen LogP contribution in [0.25, 0.3) is 0 Å². The van der Waals surface area contributed by atoms with Crippen LogP contribution in [0.4, 0.5) is 0 Å². The number of aliphatic hydroxyl groups is 1. The van der Waals surface area contributed by atoms with Crippen LogP contribution in [0.2, 0.25) is 0 Å².